The lowest BCUT2D eigenvalue weighted by molar-refractivity contribution is -0.167. The zero-order valence-electron chi connectivity index (χ0n) is 50.3. The number of hydrogen-bond donors (Lipinski definition) is 0. The number of rotatable bonds is 61. The molecule has 6 heteroatoms. The predicted molar refractivity (Wildman–Crippen MR) is 325 cm³/mol. The van der Waals surface area contributed by atoms with Crippen LogP contribution in [0.4, 0.5) is 0 Å². The Balaban J connectivity index is 4.06. The van der Waals surface area contributed by atoms with Crippen LogP contribution in [0.3, 0.4) is 0 Å². The molecule has 1 unspecified atom stereocenters. The van der Waals surface area contributed by atoms with Crippen LogP contribution < -0.4 is 0 Å². The smallest absolute Gasteiger partial charge is 0.306 e. The number of carbonyl (C=O) groups excluding carboxylic acids is 3. The van der Waals surface area contributed by atoms with Gasteiger partial charge in [0, 0.05) is 19.3 Å². The molecule has 1 atom stereocenters. The molecule has 0 aliphatic carbocycles. The zero-order valence-corrected chi connectivity index (χ0v) is 50.3. The lowest BCUT2D eigenvalue weighted by atomic mass is 10.0. The first kappa shape index (κ1) is 72.4. The van der Waals surface area contributed by atoms with Gasteiger partial charge < -0.3 is 14.2 Å². The Morgan fingerprint density at radius 3 is 0.813 bits per heavy atom. The Morgan fingerprint density at radius 2 is 0.520 bits per heavy atom. The molecule has 0 radical (unpaired) electrons. The molecule has 75 heavy (non-hydrogen) atoms. The first-order valence-electron chi connectivity index (χ1n) is 33.1. The maximum Gasteiger partial charge on any atom is 0.306 e. The van der Waals surface area contributed by atoms with E-state index in [0.717, 1.165) is 83.5 Å². The van der Waals surface area contributed by atoms with Crippen molar-refractivity contribution in [2.75, 3.05) is 13.2 Å². The van der Waals surface area contributed by atoms with Crippen LogP contribution in [-0.4, -0.2) is 37.2 Å². The summed E-state index contributed by atoms with van der Waals surface area (Å²) in [6.45, 7) is 6.54. The topological polar surface area (TPSA) is 78.9 Å². The van der Waals surface area contributed by atoms with Crippen molar-refractivity contribution in [3.8, 4) is 0 Å². The Morgan fingerprint density at radius 1 is 0.280 bits per heavy atom. The summed E-state index contributed by atoms with van der Waals surface area (Å²) in [4.78, 5) is 38.1. The molecule has 0 aromatic rings. The molecular weight excluding hydrogens is 925 g/mol. The predicted octanol–water partition coefficient (Wildman–Crippen LogP) is 22.6. The van der Waals surface area contributed by atoms with E-state index >= 15 is 0 Å². The largest absolute Gasteiger partial charge is 0.462 e. The van der Waals surface area contributed by atoms with E-state index in [1.54, 1.807) is 0 Å². The van der Waals surface area contributed by atoms with E-state index in [1.165, 1.54) is 231 Å². The van der Waals surface area contributed by atoms with Crippen LogP contribution in [0.15, 0.2) is 48.6 Å². The van der Waals surface area contributed by atoms with E-state index in [0.29, 0.717) is 19.3 Å². The minimum Gasteiger partial charge on any atom is -0.462 e. The molecule has 0 N–H and O–H groups in total. The SMILES string of the molecule is CC/C=C\C/C=C\C/C=C\C/C=C\CCCCCCCCCCCCC(=O)OC(COC(=O)CCCCCCCCC)COC(=O)CCCCCCCCCCCCCCCCCCCCCCCCCCCCC. The minimum atomic E-state index is -0.771. The minimum absolute atomic E-state index is 0.0702. The third kappa shape index (κ3) is 62.1. The van der Waals surface area contributed by atoms with E-state index in [9.17, 15) is 14.4 Å². The lowest BCUT2D eigenvalue weighted by Gasteiger charge is -2.18. The van der Waals surface area contributed by atoms with Crippen LogP contribution in [0.25, 0.3) is 0 Å². The fourth-order valence-electron chi connectivity index (χ4n) is 9.91. The molecule has 0 heterocycles. The highest BCUT2D eigenvalue weighted by atomic mass is 16.6. The van der Waals surface area contributed by atoms with Crippen molar-refractivity contribution in [3.63, 3.8) is 0 Å². The summed E-state index contributed by atoms with van der Waals surface area (Å²) in [5.41, 5.74) is 0. The third-order valence-corrected chi connectivity index (χ3v) is 14.8. The molecular formula is C69H126O6. The highest BCUT2D eigenvalue weighted by Crippen LogP contribution is 2.18. The number of unbranched alkanes of at least 4 members (excludes halogenated alkanes) is 42. The second-order valence-electron chi connectivity index (χ2n) is 22.4. The van der Waals surface area contributed by atoms with Gasteiger partial charge in [0.1, 0.15) is 13.2 Å². The third-order valence-electron chi connectivity index (χ3n) is 14.8. The van der Waals surface area contributed by atoms with E-state index < -0.39 is 6.10 Å². The van der Waals surface area contributed by atoms with Gasteiger partial charge in [-0.2, -0.15) is 0 Å². The second-order valence-corrected chi connectivity index (χ2v) is 22.4. The normalized spacial score (nSPS) is 12.3. The first-order chi connectivity index (χ1) is 37.0. The molecule has 0 rings (SSSR count). The number of ether oxygens (including phenoxy) is 3. The van der Waals surface area contributed by atoms with Gasteiger partial charge in [-0.05, 0) is 57.8 Å². The van der Waals surface area contributed by atoms with Gasteiger partial charge >= 0.3 is 17.9 Å². The van der Waals surface area contributed by atoms with Gasteiger partial charge in [-0.1, -0.05) is 326 Å². The summed E-state index contributed by atoms with van der Waals surface area (Å²) in [5, 5.41) is 0. The fourth-order valence-corrected chi connectivity index (χ4v) is 9.91. The van der Waals surface area contributed by atoms with Crippen LogP contribution in [0.2, 0.25) is 0 Å². The summed E-state index contributed by atoms with van der Waals surface area (Å²) >= 11 is 0. The number of hydrogen-bond acceptors (Lipinski definition) is 6. The molecule has 0 spiro atoms. The van der Waals surface area contributed by atoms with Crippen molar-refractivity contribution in [2.24, 2.45) is 0 Å². The standard InChI is InChI=1S/C69H126O6/c1-4-7-10-13-16-18-20-22-24-26-28-30-32-33-34-35-37-38-40-42-44-46-48-50-53-56-59-62-68(71)74-65-66(64-73-67(70)61-58-55-52-15-12-9-6-3)75-69(72)63-60-57-54-51-49-47-45-43-41-39-36-31-29-27-25-23-21-19-17-14-11-8-5-2/h8,11,17,19,23,25,29,31,66H,4-7,9-10,12-16,18,20-22,24,26-28,30,32-65H2,1-3H3/b11-8-,19-17-,25-23-,31-29-. The van der Waals surface area contributed by atoms with Gasteiger partial charge in [0.05, 0.1) is 0 Å². The molecule has 0 aromatic heterocycles. The molecule has 0 aromatic carbocycles. The highest BCUT2D eigenvalue weighted by molar-refractivity contribution is 5.71. The lowest BCUT2D eigenvalue weighted by Crippen LogP contribution is -2.30. The fraction of sp³-hybridized carbons (Fsp3) is 0.841. The van der Waals surface area contributed by atoms with Crippen molar-refractivity contribution < 1.29 is 28.6 Å². The number of esters is 3. The highest BCUT2D eigenvalue weighted by Gasteiger charge is 2.19. The summed E-state index contributed by atoms with van der Waals surface area (Å²) in [7, 11) is 0. The van der Waals surface area contributed by atoms with E-state index in [-0.39, 0.29) is 31.1 Å². The van der Waals surface area contributed by atoms with E-state index in [2.05, 4.69) is 69.4 Å². The van der Waals surface area contributed by atoms with Crippen molar-refractivity contribution in [1.29, 1.82) is 0 Å². The van der Waals surface area contributed by atoms with Gasteiger partial charge in [-0.15, -0.1) is 0 Å². The Hall–Kier alpha value is -2.63. The van der Waals surface area contributed by atoms with Crippen molar-refractivity contribution in [2.45, 2.75) is 361 Å². The van der Waals surface area contributed by atoms with E-state index in [4.69, 9.17) is 14.2 Å². The summed E-state index contributed by atoms with van der Waals surface area (Å²) in [6.07, 6.45) is 80.2. The molecule has 6 nitrogen and oxygen atoms in total. The van der Waals surface area contributed by atoms with Gasteiger partial charge in [0.25, 0.3) is 0 Å². The average molecular weight is 1050 g/mol. The Labute approximate surface area is 467 Å². The molecule has 0 saturated heterocycles. The molecule has 0 aliphatic heterocycles. The Bertz CT molecular complexity index is 1300. The number of allylic oxidation sites excluding steroid dienone is 8. The molecule has 0 fully saturated rings. The van der Waals surface area contributed by atoms with Gasteiger partial charge in [-0.3, -0.25) is 14.4 Å². The molecule has 0 saturated carbocycles. The quantitative estimate of drug-likeness (QED) is 0.0261. The van der Waals surface area contributed by atoms with E-state index in [1.807, 2.05) is 0 Å². The second kappa shape index (κ2) is 63.9. The Kier molecular flexibility index (Phi) is 61.7. The molecule has 0 aliphatic rings. The van der Waals surface area contributed by atoms with Crippen LogP contribution in [-0.2, 0) is 28.6 Å². The summed E-state index contributed by atoms with van der Waals surface area (Å²) < 4.78 is 16.9. The van der Waals surface area contributed by atoms with Crippen molar-refractivity contribution in [1.82, 2.24) is 0 Å². The van der Waals surface area contributed by atoms with Crippen LogP contribution in [0, 0.1) is 0 Å². The van der Waals surface area contributed by atoms with Crippen molar-refractivity contribution in [3.05, 3.63) is 48.6 Å². The molecule has 0 bridgehead atoms. The van der Waals surface area contributed by atoms with Gasteiger partial charge in [0.2, 0.25) is 0 Å². The summed E-state index contributed by atoms with van der Waals surface area (Å²) in [5.74, 6) is -0.861. The van der Waals surface area contributed by atoms with Crippen molar-refractivity contribution >= 4 is 17.9 Å². The zero-order chi connectivity index (χ0) is 54.3. The first-order valence-corrected chi connectivity index (χ1v) is 33.1. The van der Waals surface area contributed by atoms with Crippen LogP contribution in [0.1, 0.15) is 355 Å². The average Bonchev–Trinajstić information content (AvgIpc) is 3.41. The summed E-state index contributed by atoms with van der Waals surface area (Å²) in [6, 6.07) is 0. The molecule has 0 amide bonds. The van der Waals surface area contributed by atoms with Gasteiger partial charge in [0.15, 0.2) is 6.10 Å². The molecule has 438 valence electrons. The maximum atomic E-state index is 12.9. The number of carbonyl (C=O) groups is 3. The van der Waals surface area contributed by atoms with Crippen LogP contribution in [0.5, 0.6) is 0 Å². The maximum absolute atomic E-state index is 12.9. The van der Waals surface area contributed by atoms with Gasteiger partial charge in [-0.25, -0.2) is 0 Å². The van der Waals surface area contributed by atoms with Crippen LogP contribution >= 0.6 is 0 Å². The monoisotopic (exact) mass is 1050 g/mol.